The molecule has 2 amide bonds. The molecule has 0 saturated carbocycles. The molecule has 1 aliphatic rings. The summed E-state index contributed by atoms with van der Waals surface area (Å²) in [7, 11) is 2.11. The highest BCUT2D eigenvalue weighted by molar-refractivity contribution is 7.13. The van der Waals surface area contributed by atoms with Crippen LogP contribution in [0.1, 0.15) is 82.4 Å². The number of likely N-dealkylation sites (N-methyl/N-ethyl adjacent to an activating group) is 1. The number of rotatable bonds is 47. The number of carbonyl (C=O) groups excluding carboxylic acids is 3. The molecule has 0 unspecified atom stereocenters. The van der Waals surface area contributed by atoms with Crippen molar-refractivity contribution in [3.63, 3.8) is 0 Å². The molecule has 20 nitrogen and oxygen atoms in total. The number of amides is 2. The predicted octanol–water partition coefficient (Wildman–Crippen LogP) is 7.04. The van der Waals surface area contributed by atoms with Crippen LogP contribution in [0.25, 0.3) is 6.08 Å². The molecular formula is C55H87F4N5O15S. The molecule has 25 heteroatoms. The Morgan fingerprint density at radius 1 is 0.637 bits per heavy atom. The number of unbranched alkanes of at least 4 members (excludes halogenated alkanes) is 2. The van der Waals surface area contributed by atoms with Gasteiger partial charge in [-0.25, -0.2) is 18.6 Å². The molecular weight excluding hydrogens is 1080 g/mol. The maximum atomic E-state index is 13.7. The number of hydrogen-bond donors (Lipinski definition) is 2. The fourth-order valence-corrected chi connectivity index (χ4v) is 8.40. The van der Waals surface area contributed by atoms with E-state index in [0.29, 0.717) is 156 Å². The summed E-state index contributed by atoms with van der Waals surface area (Å²) in [6.45, 7) is 18.5. The molecule has 3 rings (SSSR count). The molecule has 1 aromatic carbocycles. The summed E-state index contributed by atoms with van der Waals surface area (Å²) in [6, 6.07) is 2.12. The maximum absolute atomic E-state index is 13.7. The van der Waals surface area contributed by atoms with Gasteiger partial charge in [0.25, 0.3) is 0 Å². The number of nitrogens with two attached hydrogens (primary N) is 1. The van der Waals surface area contributed by atoms with E-state index >= 15 is 0 Å². The van der Waals surface area contributed by atoms with E-state index < -0.39 is 53.1 Å². The molecule has 0 spiro atoms. The summed E-state index contributed by atoms with van der Waals surface area (Å²) in [5.41, 5.74) is 7.19. The summed E-state index contributed by atoms with van der Waals surface area (Å²) in [6.07, 6.45) is 6.98. The first-order valence-electron chi connectivity index (χ1n) is 27.5. The highest BCUT2D eigenvalue weighted by Crippen LogP contribution is 2.36. The van der Waals surface area contributed by atoms with E-state index in [4.69, 9.17) is 57.8 Å². The number of nitrogens with zero attached hydrogens (tertiary/aromatic N) is 3. The van der Waals surface area contributed by atoms with Crippen LogP contribution in [0.15, 0.2) is 22.7 Å². The number of fused-ring (bicyclic) bond motifs is 1. The average molecular weight is 1170 g/mol. The molecule has 1 aliphatic heterocycles. The molecule has 0 bridgehead atoms. The number of amidine groups is 1. The Balaban J connectivity index is 1.03. The van der Waals surface area contributed by atoms with Crippen LogP contribution in [-0.4, -0.2) is 211 Å². The monoisotopic (exact) mass is 1170 g/mol. The molecule has 0 saturated heterocycles. The molecule has 1 aromatic heterocycles. The van der Waals surface area contributed by atoms with Crippen molar-refractivity contribution in [1.29, 1.82) is 0 Å². The minimum absolute atomic E-state index is 0.0177. The van der Waals surface area contributed by atoms with Crippen LogP contribution in [0.2, 0.25) is 0 Å². The number of hydrogen-bond acceptors (Lipinski definition) is 19. The number of esters is 1. The number of benzene rings is 1. The van der Waals surface area contributed by atoms with Crippen molar-refractivity contribution >= 4 is 46.9 Å². The summed E-state index contributed by atoms with van der Waals surface area (Å²) < 4.78 is 118. The molecule has 456 valence electrons. The van der Waals surface area contributed by atoms with Gasteiger partial charge in [0.05, 0.1) is 149 Å². The number of nitrogens with one attached hydrogen (secondary N) is 1. The lowest BCUT2D eigenvalue weighted by Crippen LogP contribution is -2.37. The van der Waals surface area contributed by atoms with Crippen molar-refractivity contribution in [3.8, 4) is 5.75 Å². The molecule has 0 fully saturated rings. The minimum Gasteiger partial charge on any atom is -0.444 e. The van der Waals surface area contributed by atoms with Crippen LogP contribution in [0.5, 0.6) is 5.75 Å². The Morgan fingerprint density at radius 2 is 1.12 bits per heavy atom. The second kappa shape index (κ2) is 42.4. The molecule has 2 aromatic rings. The van der Waals surface area contributed by atoms with Gasteiger partial charge in [0, 0.05) is 49.1 Å². The van der Waals surface area contributed by atoms with E-state index in [1.54, 1.807) is 11.3 Å². The van der Waals surface area contributed by atoms with Crippen molar-refractivity contribution in [2.45, 2.75) is 84.7 Å². The second-order valence-corrected chi connectivity index (χ2v) is 20.4. The Bertz CT molecular complexity index is 2090. The zero-order valence-corrected chi connectivity index (χ0v) is 48.3. The third-order valence-corrected chi connectivity index (χ3v) is 12.4. The van der Waals surface area contributed by atoms with Crippen LogP contribution in [0, 0.1) is 23.3 Å². The van der Waals surface area contributed by atoms with Crippen molar-refractivity contribution in [1.82, 2.24) is 15.1 Å². The Hall–Kier alpha value is -4.38. The average Bonchev–Trinajstić information content (AvgIpc) is 3.80. The van der Waals surface area contributed by atoms with Crippen LogP contribution in [0.4, 0.5) is 28.0 Å². The summed E-state index contributed by atoms with van der Waals surface area (Å²) in [5.74, 6) is -9.13. The highest BCUT2D eigenvalue weighted by atomic mass is 32.1. The third-order valence-electron chi connectivity index (χ3n) is 11.2. The smallest absolute Gasteiger partial charge is 0.407 e. The van der Waals surface area contributed by atoms with Gasteiger partial charge in [-0.05, 0) is 78.6 Å². The lowest BCUT2D eigenvalue weighted by molar-refractivity contribution is -0.136. The Kier molecular flexibility index (Phi) is 37.1. The number of alkyl carbamates (subject to hydrolysis) is 1. The topological polar surface area (TPSA) is 219 Å². The van der Waals surface area contributed by atoms with Gasteiger partial charge in [0.15, 0.2) is 11.6 Å². The number of aliphatic imine (C=N–C) groups is 1. The fourth-order valence-electron chi connectivity index (χ4n) is 7.29. The molecule has 80 heavy (non-hydrogen) atoms. The maximum Gasteiger partial charge on any atom is 0.407 e. The van der Waals surface area contributed by atoms with Crippen molar-refractivity contribution < 1.29 is 88.8 Å². The van der Waals surface area contributed by atoms with Gasteiger partial charge < -0.3 is 77.7 Å². The summed E-state index contributed by atoms with van der Waals surface area (Å²) >= 11 is 1.67. The van der Waals surface area contributed by atoms with Gasteiger partial charge in [0.1, 0.15) is 11.4 Å². The number of ether oxygens (including phenoxy) is 12. The van der Waals surface area contributed by atoms with E-state index in [2.05, 4.69) is 33.1 Å². The van der Waals surface area contributed by atoms with Crippen LogP contribution in [-0.2, 0) is 68.1 Å². The number of carbonyl (C=O) groups is 3. The first kappa shape index (κ1) is 69.9. The van der Waals surface area contributed by atoms with Gasteiger partial charge in [0.2, 0.25) is 23.3 Å². The minimum atomic E-state index is -1.80. The standard InChI is InChI=1S/C55H87F4N5O15S/c1-6-14-64(16-10-13-61-54(67)79-55(2,3)4)53(66)42-38-47-46(62-48(60)39-42)40-43(80-47)11-8-7-9-15-63(5)17-19-69-21-23-71-25-27-73-29-31-75-33-35-77-37-36-76-34-32-74-30-28-72-26-24-70-22-20-68-18-12-49(65)78-52-50(58)44(56)41-45(57)51(52)59/h38,40-41H,6-37,39H2,1-5H3,(H2,60,62)(H,61,67). The van der Waals surface area contributed by atoms with Crippen LogP contribution < -0.4 is 15.8 Å². The number of aryl methyl sites for hydroxylation is 1. The summed E-state index contributed by atoms with van der Waals surface area (Å²) in [4.78, 5) is 48.4. The zero-order valence-electron chi connectivity index (χ0n) is 47.5. The molecule has 2 heterocycles. The van der Waals surface area contributed by atoms with E-state index in [9.17, 15) is 31.9 Å². The fraction of sp³-hybridized carbons (Fsp3) is 0.709. The number of halogens is 4. The Labute approximate surface area is 473 Å². The zero-order chi connectivity index (χ0) is 58.2. The van der Waals surface area contributed by atoms with Crippen LogP contribution in [0.3, 0.4) is 0 Å². The first-order chi connectivity index (χ1) is 38.6. The lowest BCUT2D eigenvalue weighted by Gasteiger charge is -2.24. The normalized spacial score (nSPS) is 12.6. The predicted molar refractivity (Wildman–Crippen MR) is 294 cm³/mol. The largest absolute Gasteiger partial charge is 0.444 e. The number of thiophene rings is 1. The van der Waals surface area contributed by atoms with Crippen molar-refractivity contribution in [3.05, 3.63) is 50.7 Å². The van der Waals surface area contributed by atoms with E-state index in [0.717, 1.165) is 55.8 Å². The lowest BCUT2D eigenvalue weighted by atomic mass is 10.1. The van der Waals surface area contributed by atoms with Gasteiger partial charge in [-0.15, -0.1) is 11.3 Å². The van der Waals surface area contributed by atoms with Gasteiger partial charge in [-0.1, -0.05) is 13.3 Å². The molecule has 0 atom stereocenters. The molecule has 0 radical (unpaired) electrons. The SMILES string of the molecule is CCCN(CCCNC(=O)OC(C)(C)C)C(=O)C1=Cc2sc(CCCCCN(C)CCOCCOCCOCCOCCOCCOCCOCCOCCOCCOCCC(=O)Oc3c(F)c(F)cc(F)c3F)cc2N=C(N)C1. The van der Waals surface area contributed by atoms with Gasteiger partial charge in [-0.2, -0.15) is 8.78 Å². The Morgan fingerprint density at radius 3 is 1.61 bits per heavy atom. The highest BCUT2D eigenvalue weighted by Gasteiger charge is 2.25. The summed E-state index contributed by atoms with van der Waals surface area (Å²) in [5, 5.41) is 2.77. The van der Waals surface area contributed by atoms with Crippen molar-refractivity contribution in [2.24, 2.45) is 10.7 Å². The first-order valence-corrected chi connectivity index (χ1v) is 28.3. The quantitative estimate of drug-likeness (QED) is 0.0223. The molecule has 0 aliphatic carbocycles. The molecule has 3 N–H and O–H groups in total. The van der Waals surface area contributed by atoms with Gasteiger partial charge >= 0.3 is 12.1 Å². The van der Waals surface area contributed by atoms with E-state index in [1.807, 2.05) is 38.7 Å². The van der Waals surface area contributed by atoms with E-state index in [1.165, 1.54) is 4.88 Å². The van der Waals surface area contributed by atoms with Gasteiger partial charge in [-0.3, -0.25) is 9.59 Å². The third kappa shape index (κ3) is 32.3. The van der Waals surface area contributed by atoms with E-state index in [-0.39, 0.29) is 31.8 Å². The second-order valence-electron chi connectivity index (χ2n) is 19.2. The van der Waals surface area contributed by atoms with Crippen molar-refractivity contribution in [2.75, 3.05) is 172 Å². The van der Waals surface area contributed by atoms with Crippen LogP contribution >= 0.6 is 11.3 Å².